The van der Waals surface area contributed by atoms with Crippen molar-refractivity contribution in [1.29, 1.82) is 0 Å². The quantitative estimate of drug-likeness (QED) is 0.638. The van der Waals surface area contributed by atoms with Crippen molar-refractivity contribution in [3.8, 4) is 0 Å². The van der Waals surface area contributed by atoms with Crippen LogP contribution in [0.1, 0.15) is 17.0 Å². The van der Waals surface area contributed by atoms with Gasteiger partial charge < -0.3 is 4.40 Å². The van der Waals surface area contributed by atoms with Crippen LogP contribution in [0.25, 0.3) is 5.65 Å². The van der Waals surface area contributed by atoms with Gasteiger partial charge in [-0.2, -0.15) is 0 Å². The zero-order chi connectivity index (χ0) is 9.42. The van der Waals surface area contributed by atoms with Crippen molar-refractivity contribution in [3.05, 3.63) is 35.3 Å². The summed E-state index contributed by atoms with van der Waals surface area (Å²) in [6.45, 7) is 4.12. The van der Waals surface area contributed by atoms with Gasteiger partial charge in [0.2, 0.25) is 0 Å². The average molecular weight is 195 g/mol. The summed E-state index contributed by atoms with van der Waals surface area (Å²) >= 11 is 5.73. The third-order valence-electron chi connectivity index (χ3n) is 2.20. The van der Waals surface area contributed by atoms with Gasteiger partial charge in [-0.15, -0.1) is 11.6 Å². The van der Waals surface area contributed by atoms with E-state index in [2.05, 4.69) is 35.4 Å². The second kappa shape index (κ2) is 3.04. The molecule has 0 bridgehead atoms. The van der Waals surface area contributed by atoms with Gasteiger partial charge in [-0.25, -0.2) is 4.98 Å². The van der Waals surface area contributed by atoms with Gasteiger partial charge in [0.15, 0.2) is 0 Å². The molecule has 2 rings (SSSR count). The lowest BCUT2D eigenvalue weighted by molar-refractivity contribution is 1.08. The zero-order valence-electron chi connectivity index (χ0n) is 7.71. The molecule has 0 atom stereocenters. The van der Waals surface area contributed by atoms with E-state index in [1.807, 2.05) is 6.20 Å². The molecule has 68 valence electrons. The molecule has 0 spiro atoms. The van der Waals surface area contributed by atoms with Crippen LogP contribution in [0.3, 0.4) is 0 Å². The minimum Gasteiger partial charge on any atom is -0.304 e. The van der Waals surface area contributed by atoms with E-state index < -0.39 is 0 Å². The standard InChI is InChI=1S/C10H11ClN2/c1-7-3-4-8(2)13-6-9(5-11)12-10(7)13/h3-4,6H,5H2,1-2H3. The summed E-state index contributed by atoms with van der Waals surface area (Å²) in [4.78, 5) is 4.42. The molecule has 0 fully saturated rings. The summed E-state index contributed by atoms with van der Waals surface area (Å²) in [5, 5.41) is 0. The maximum Gasteiger partial charge on any atom is 0.140 e. The van der Waals surface area contributed by atoms with E-state index in [1.165, 1.54) is 11.3 Å². The molecule has 0 unspecified atom stereocenters. The smallest absolute Gasteiger partial charge is 0.140 e. The average Bonchev–Trinajstić information content (AvgIpc) is 2.56. The first kappa shape index (κ1) is 8.57. The van der Waals surface area contributed by atoms with Gasteiger partial charge in [0.1, 0.15) is 5.65 Å². The van der Waals surface area contributed by atoms with Crippen LogP contribution < -0.4 is 0 Å². The lowest BCUT2D eigenvalue weighted by atomic mass is 10.2. The Morgan fingerprint density at radius 3 is 2.77 bits per heavy atom. The molecule has 0 aromatic carbocycles. The van der Waals surface area contributed by atoms with Gasteiger partial charge in [-0.05, 0) is 25.5 Å². The number of nitrogens with zero attached hydrogens (tertiary/aromatic N) is 2. The first-order valence-corrected chi connectivity index (χ1v) is 4.76. The van der Waals surface area contributed by atoms with E-state index in [1.54, 1.807) is 0 Å². The highest BCUT2D eigenvalue weighted by molar-refractivity contribution is 6.16. The number of hydrogen-bond acceptors (Lipinski definition) is 1. The number of pyridine rings is 1. The van der Waals surface area contributed by atoms with Crippen LogP contribution in [-0.4, -0.2) is 9.38 Å². The van der Waals surface area contributed by atoms with Crippen molar-refractivity contribution in [2.45, 2.75) is 19.7 Å². The fourth-order valence-electron chi connectivity index (χ4n) is 1.44. The SMILES string of the molecule is Cc1ccc(C)n2cc(CCl)nc12. The highest BCUT2D eigenvalue weighted by Gasteiger charge is 2.04. The molecular formula is C10H11ClN2. The molecule has 0 saturated heterocycles. The maximum absolute atomic E-state index is 5.73. The molecule has 3 heteroatoms. The highest BCUT2D eigenvalue weighted by Crippen LogP contribution is 2.13. The molecule has 0 amide bonds. The van der Waals surface area contributed by atoms with E-state index in [0.717, 1.165) is 11.3 Å². The Labute approximate surface area is 82.2 Å². The fraction of sp³-hybridized carbons (Fsp3) is 0.300. The number of halogens is 1. The molecule has 0 aliphatic heterocycles. The summed E-state index contributed by atoms with van der Waals surface area (Å²) < 4.78 is 2.08. The predicted octanol–water partition coefficient (Wildman–Crippen LogP) is 2.69. The summed E-state index contributed by atoms with van der Waals surface area (Å²) in [6, 6.07) is 4.16. The lowest BCUT2D eigenvalue weighted by Crippen LogP contribution is -1.90. The molecule has 13 heavy (non-hydrogen) atoms. The molecule has 2 aromatic rings. The largest absolute Gasteiger partial charge is 0.304 e. The molecule has 2 heterocycles. The van der Waals surface area contributed by atoms with Gasteiger partial charge in [-0.3, -0.25) is 0 Å². The molecule has 0 saturated carbocycles. The number of alkyl halides is 1. The second-order valence-electron chi connectivity index (χ2n) is 3.22. The fourth-order valence-corrected chi connectivity index (χ4v) is 1.57. The van der Waals surface area contributed by atoms with Gasteiger partial charge >= 0.3 is 0 Å². The van der Waals surface area contributed by atoms with Crippen LogP contribution in [0.4, 0.5) is 0 Å². The van der Waals surface area contributed by atoms with Crippen molar-refractivity contribution < 1.29 is 0 Å². The summed E-state index contributed by atoms with van der Waals surface area (Å²) in [5.41, 5.74) is 4.31. The molecule has 0 aliphatic carbocycles. The third kappa shape index (κ3) is 1.31. The first-order chi connectivity index (χ1) is 6.22. The van der Waals surface area contributed by atoms with E-state index in [-0.39, 0.29) is 0 Å². The van der Waals surface area contributed by atoms with Crippen molar-refractivity contribution >= 4 is 17.2 Å². The number of aromatic nitrogens is 2. The highest BCUT2D eigenvalue weighted by atomic mass is 35.5. The minimum absolute atomic E-state index is 0.473. The minimum atomic E-state index is 0.473. The lowest BCUT2D eigenvalue weighted by Gasteiger charge is -2.00. The van der Waals surface area contributed by atoms with Crippen LogP contribution in [0, 0.1) is 13.8 Å². The van der Waals surface area contributed by atoms with Gasteiger partial charge in [0, 0.05) is 11.9 Å². The monoisotopic (exact) mass is 194 g/mol. The van der Waals surface area contributed by atoms with Gasteiger partial charge in [0.25, 0.3) is 0 Å². The predicted molar refractivity (Wildman–Crippen MR) is 54.2 cm³/mol. The van der Waals surface area contributed by atoms with Crippen LogP contribution in [-0.2, 0) is 5.88 Å². The van der Waals surface area contributed by atoms with Gasteiger partial charge in [0.05, 0.1) is 11.6 Å². The molecule has 0 N–H and O–H groups in total. The second-order valence-corrected chi connectivity index (χ2v) is 3.48. The molecule has 0 radical (unpaired) electrons. The third-order valence-corrected chi connectivity index (χ3v) is 2.47. The Hall–Kier alpha value is -1.02. The number of hydrogen-bond donors (Lipinski definition) is 0. The van der Waals surface area contributed by atoms with Crippen molar-refractivity contribution in [2.24, 2.45) is 0 Å². The Morgan fingerprint density at radius 2 is 2.15 bits per heavy atom. The number of imidazole rings is 1. The van der Waals surface area contributed by atoms with Crippen molar-refractivity contribution in [3.63, 3.8) is 0 Å². The van der Waals surface area contributed by atoms with Gasteiger partial charge in [-0.1, -0.05) is 6.07 Å². The van der Waals surface area contributed by atoms with Crippen LogP contribution in [0.5, 0.6) is 0 Å². The summed E-state index contributed by atoms with van der Waals surface area (Å²) in [7, 11) is 0. The summed E-state index contributed by atoms with van der Waals surface area (Å²) in [5.74, 6) is 0.473. The maximum atomic E-state index is 5.73. The van der Waals surface area contributed by atoms with E-state index in [9.17, 15) is 0 Å². The Bertz CT molecular complexity index is 406. The van der Waals surface area contributed by atoms with E-state index in [0.29, 0.717) is 5.88 Å². The molecule has 0 aliphatic rings. The van der Waals surface area contributed by atoms with Crippen LogP contribution in [0.2, 0.25) is 0 Å². The normalized spacial score (nSPS) is 11.0. The topological polar surface area (TPSA) is 17.3 Å². The van der Waals surface area contributed by atoms with Crippen molar-refractivity contribution in [1.82, 2.24) is 9.38 Å². The van der Waals surface area contributed by atoms with Crippen molar-refractivity contribution in [2.75, 3.05) is 0 Å². The van der Waals surface area contributed by atoms with E-state index in [4.69, 9.17) is 11.6 Å². The Morgan fingerprint density at radius 1 is 1.38 bits per heavy atom. The van der Waals surface area contributed by atoms with Crippen LogP contribution >= 0.6 is 11.6 Å². The number of aryl methyl sites for hydroxylation is 2. The Kier molecular flexibility index (Phi) is 2.00. The zero-order valence-corrected chi connectivity index (χ0v) is 8.47. The molecule has 2 aromatic heterocycles. The van der Waals surface area contributed by atoms with Crippen LogP contribution in [0.15, 0.2) is 18.3 Å². The molecular weight excluding hydrogens is 184 g/mol. The van der Waals surface area contributed by atoms with E-state index >= 15 is 0 Å². The Balaban J connectivity index is 2.80. The number of fused-ring (bicyclic) bond motifs is 1. The summed E-state index contributed by atoms with van der Waals surface area (Å²) in [6.07, 6.45) is 1.99. The number of rotatable bonds is 1. The first-order valence-electron chi connectivity index (χ1n) is 4.22. The molecule has 2 nitrogen and oxygen atoms in total.